The molecule has 0 aliphatic heterocycles. The molecule has 0 amide bonds. The number of nitrogens with two attached hydrogens (primary N) is 1. The van der Waals surface area contributed by atoms with Crippen LogP contribution < -0.4 is 5.73 Å². The van der Waals surface area contributed by atoms with Crippen LogP contribution in [0.3, 0.4) is 0 Å². The summed E-state index contributed by atoms with van der Waals surface area (Å²) in [6.07, 6.45) is -4.40. The topological polar surface area (TPSA) is 52.0 Å². The highest BCUT2D eigenvalue weighted by Crippen LogP contribution is 2.39. The van der Waals surface area contributed by atoms with Crippen molar-refractivity contribution in [2.45, 2.75) is 32.4 Å². The quantitative estimate of drug-likeness (QED) is 0.852. The van der Waals surface area contributed by atoms with Gasteiger partial charge in [0, 0.05) is 5.41 Å². The molecule has 1 heterocycles. The smallest absolute Gasteiger partial charge is 0.380 e. The number of benzene rings is 1. The average Bonchev–Trinajstić information content (AvgIpc) is 2.70. The second-order valence-corrected chi connectivity index (χ2v) is 5.60. The summed E-state index contributed by atoms with van der Waals surface area (Å²) in [5, 5.41) is 3.67. The Morgan fingerprint density at radius 3 is 2.35 bits per heavy atom. The molecule has 2 N–H and O–H groups in total. The second-order valence-electron chi connectivity index (χ2n) is 5.60. The summed E-state index contributed by atoms with van der Waals surface area (Å²) in [7, 11) is 0. The Hall–Kier alpha value is -1.98. The van der Waals surface area contributed by atoms with E-state index in [1.165, 1.54) is 6.07 Å². The average molecular weight is 284 g/mol. The zero-order valence-electron chi connectivity index (χ0n) is 11.4. The van der Waals surface area contributed by atoms with E-state index in [0.29, 0.717) is 16.9 Å². The summed E-state index contributed by atoms with van der Waals surface area (Å²) < 4.78 is 43.5. The van der Waals surface area contributed by atoms with Gasteiger partial charge in [0.2, 0.25) is 0 Å². The van der Waals surface area contributed by atoms with Crippen molar-refractivity contribution in [1.29, 1.82) is 0 Å². The molecule has 0 aliphatic rings. The SMILES string of the molecule is CC(C)(C)c1onc(N)c1-c1cccc(C(F)(F)F)c1. The van der Waals surface area contributed by atoms with Gasteiger partial charge in [0.05, 0.1) is 11.1 Å². The molecule has 6 heteroatoms. The van der Waals surface area contributed by atoms with Crippen molar-refractivity contribution < 1.29 is 17.7 Å². The van der Waals surface area contributed by atoms with Crippen molar-refractivity contribution in [3.05, 3.63) is 35.6 Å². The largest absolute Gasteiger partial charge is 0.416 e. The van der Waals surface area contributed by atoms with Gasteiger partial charge in [-0.1, -0.05) is 38.1 Å². The predicted octanol–water partition coefficient (Wildman–Crippen LogP) is 4.24. The first-order valence-electron chi connectivity index (χ1n) is 6.04. The standard InChI is InChI=1S/C14H15F3N2O/c1-13(2,3)11-10(12(18)19-20-11)8-5-4-6-9(7-8)14(15,16)17/h4-7H,1-3H3,(H2,18,19). The Morgan fingerprint density at radius 1 is 1.15 bits per heavy atom. The summed E-state index contributed by atoms with van der Waals surface area (Å²) in [4.78, 5) is 0. The molecule has 2 rings (SSSR count). The third-order valence-corrected chi connectivity index (χ3v) is 2.88. The fourth-order valence-corrected chi connectivity index (χ4v) is 1.94. The van der Waals surface area contributed by atoms with Gasteiger partial charge in [-0.2, -0.15) is 13.2 Å². The van der Waals surface area contributed by atoms with E-state index in [0.717, 1.165) is 12.1 Å². The minimum absolute atomic E-state index is 0.0919. The van der Waals surface area contributed by atoms with Gasteiger partial charge in [0.1, 0.15) is 0 Å². The van der Waals surface area contributed by atoms with Gasteiger partial charge in [0.15, 0.2) is 11.6 Å². The lowest BCUT2D eigenvalue weighted by molar-refractivity contribution is -0.137. The Kier molecular flexibility index (Phi) is 3.28. The third kappa shape index (κ3) is 2.64. The van der Waals surface area contributed by atoms with E-state index in [9.17, 15) is 13.2 Å². The van der Waals surface area contributed by atoms with E-state index in [2.05, 4.69) is 5.16 Å². The number of hydrogen-bond donors (Lipinski definition) is 1. The molecule has 2 aromatic rings. The number of nitrogens with zero attached hydrogens (tertiary/aromatic N) is 1. The summed E-state index contributed by atoms with van der Waals surface area (Å²) in [6.45, 7) is 5.64. The molecule has 0 unspecified atom stereocenters. The number of alkyl halides is 3. The highest BCUT2D eigenvalue weighted by atomic mass is 19.4. The Balaban J connectivity index is 2.61. The van der Waals surface area contributed by atoms with Crippen molar-refractivity contribution in [2.75, 3.05) is 5.73 Å². The molecule has 0 aliphatic carbocycles. The molecule has 0 saturated carbocycles. The first kappa shape index (κ1) is 14.4. The van der Waals surface area contributed by atoms with Gasteiger partial charge in [-0.05, 0) is 17.7 Å². The number of halogens is 3. The molecule has 3 nitrogen and oxygen atoms in total. The molecule has 20 heavy (non-hydrogen) atoms. The van der Waals surface area contributed by atoms with Crippen molar-refractivity contribution in [3.8, 4) is 11.1 Å². The van der Waals surface area contributed by atoms with Crippen LogP contribution in [-0.2, 0) is 11.6 Å². The van der Waals surface area contributed by atoms with Crippen molar-refractivity contribution in [1.82, 2.24) is 5.16 Å². The number of anilines is 1. The number of aromatic nitrogens is 1. The van der Waals surface area contributed by atoms with E-state index < -0.39 is 17.2 Å². The van der Waals surface area contributed by atoms with E-state index in [1.807, 2.05) is 20.8 Å². The van der Waals surface area contributed by atoms with Gasteiger partial charge in [0.25, 0.3) is 0 Å². The summed E-state index contributed by atoms with van der Waals surface area (Å²) in [5.74, 6) is 0.559. The van der Waals surface area contributed by atoms with Crippen molar-refractivity contribution in [3.63, 3.8) is 0 Å². The van der Waals surface area contributed by atoms with Crippen LogP contribution in [0.1, 0.15) is 32.1 Å². The minimum Gasteiger partial charge on any atom is -0.380 e. The first-order valence-corrected chi connectivity index (χ1v) is 6.04. The normalized spacial score (nSPS) is 12.7. The van der Waals surface area contributed by atoms with Gasteiger partial charge < -0.3 is 10.3 Å². The zero-order chi connectivity index (χ0) is 15.1. The maximum atomic E-state index is 12.8. The molecular weight excluding hydrogens is 269 g/mol. The van der Waals surface area contributed by atoms with Gasteiger partial charge in [-0.15, -0.1) is 0 Å². The maximum absolute atomic E-state index is 12.8. The number of hydrogen-bond acceptors (Lipinski definition) is 3. The molecular formula is C14H15F3N2O. The van der Waals surface area contributed by atoms with E-state index >= 15 is 0 Å². The van der Waals surface area contributed by atoms with Crippen molar-refractivity contribution in [2.24, 2.45) is 0 Å². The fraction of sp³-hybridized carbons (Fsp3) is 0.357. The monoisotopic (exact) mass is 284 g/mol. The summed E-state index contributed by atoms with van der Waals surface area (Å²) in [5.41, 5.74) is 5.38. The van der Waals surface area contributed by atoms with Crippen LogP contribution in [0.25, 0.3) is 11.1 Å². The van der Waals surface area contributed by atoms with E-state index in [4.69, 9.17) is 10.3 Å². The van der Waals surface area contributed by atoms with Crippen LogP contribution in [0.5, 0.6) is 0 Å². The Labute approximate surface area is 114 Å². The summed E-state index contributed by atoms with van der Waals surface area (Å²) >= 11 is 0. The second kappa shape index (κ2) is 4.54. The van der Waals surface area contributed by atoms with Crippen molar-refractivity contribution >= 4 is 5.82 Å². The fourth-order valence-electron chi connectivity index (χ4n) is 1.94. The third-order valence-electron chi connectivity index (χ3n) is 2.88. The molecule has 0 fully saturated rings. The van der Waals surface area contributed by atoms with Crippen LogP contribution in [0.4, 0.5) is 19.0 Å². The Morgan fingerprint density at radius 2 is 1.80 bits per heavy atom. The van der Waals surface area contributed by atoms with Gasteiger partial charge in [-0.25, -0.2) is 0 Å². The first-order chi connectivity index (χ1) is 9.10. The van der Waals surface area contributed by atoms with Gasteiger partial charge in [-0.3, -0.25) is 0 Å². The van der Waals surface area contributed by atoms with Crippen LogP contribution in [0, 0.1) is 0 Å². The molecule has 0 spiro atoms. The molecule has 0 radical (unpaired) electrons. The molecule has 0 atom stereocenters. The molecule has 0 bridgehead atoms. The highest BCUT2D eigenvalue weighted by Gasteiger charge is 2.32. The molecule has 1 aromatic carbocycles. The number of rotatable bonds is 1. The predicted molar refractivity (Wildman–Crippen MR) is 70.1 cm³/mol. The van der Waals surface area contributed by atoms with Gasteiger partial charge >= 0.3 is 6.18 Å². The lowest BCUT2D eigenvalue weighted by atomic mass is 9.87. The maximum Gasteiger partial charge on any atom is 0.416 e. The number of nitrogen functional groups attached to an aromatic ring is 1. The highest BCUT2D eigenvalue weighted by molar-refractivity contribution is 5.76. The molecule has 108 valence electrons. The molecule has 1 aromatic heterocycles. The van der Waals surface area contributed by atoms with E-state index in [-0.39, 0.29) is 5.82 Å². The minimum atomic E-state index is -4.40. The zero-order valence-corrected chi connectivity index (χ0v) is 11.4. The van der Waals surface area contributed by atoms with Crippen LogP contribution >= 0.6 is 0 Å². The van der Waals surface area contributed by atoms with Crippen LogP contribution in [0.2, 0.25) is 0 Å². The van der Waals surface area contributed by atoms with Crippen LogP contribution in [0.15, 0.2) is 28.8 Å². The lowest BCUT2D eigenvalue weighted by Crippen LogP contribution is -2.11. The van der Waals surface area contributed by atoms with Crippen LogP contribution in [-0.4, -0.2) is 5.16 Å². The molecule has 0 saturated heterocycles. The lowest BCUT2D eigenvalue weighted by Gasteiger charge is -2.16. The Bertz CT molecular complexity index is 624. The summed E-state index contributed by atoms with van der Waals surface area (Å²) in [6, 6.07) is 4.98. The van der Waals surface area contributed by atoms with E-state index in [1.54, 1.807) is 6.07 Å².